The minimum absolute atomic E-state index is 0. The minimum Gasteiger partial charge on any atom is -0.822 e. The van der Waals surface area contributed by atoms with E-state index in [1.807, 2.05) is 0 Å². The van der Waals surface area contributed by atoms with E-state index >= 15 is 0 Å². The Balaban J connectivity index is -0.000000266. The number of rotatable bonds is 28. The van der Waals surface area contributed by atoms with Crippen molar-refractivity contribution in [3.8, 4) is 0 Å². The van der Waals surface area contributed by atoms with Crippen molar-refractivity contribution in [1.82, 2.24) is 0 Å². The summed E-state index contributed by atoms with van der Waals surface area (Å²) in [4.78, 5) is 51.3. The van der Waals surface area contributed by atoms with Crippen molar-refractivity contribution in [2.45, 2.75) is 182 Å². The molecule has 264 valence electrons. The molecule has 2 unspecified atom stereocenters. The van der Waals surface area contributed by atoms with Crippen LogP contribution in [0.4, 0.5) is 0 Å². The average molecular weight is 777 g/mol. The maximum absolute atomic E-state index is 8.55. The smallest absolute Gasteiger partial charge is 0.822 e. The molecular weight excluding hydrogens is 711 g/mol. The Morgan fingerprint density at radius 2 is 0.565 bits per heavy atom. The van der Waals surface area contributed by atoms with Crippen molar-refractivity contribution < 1.29 is 43.2 Å². The molecular formula is C32H66Ca3O9P2. The number of hydrogen-bond acceptors (Lipinski definition) is 9. The van der Waals surface area contributed by atoms with E-state index in [1.54, 1.807) is 0 Å². The Hall–Kier alpha value is 3.96. The second kappa shape index (κ2) is 47.0. The van der Waals surface area contributed by atoms with Gasteiger partial charge in [-0.15, -0.1) is 0 Å². The predicted octanol–water partition coefficient (Wildman–Crippen LogP) is 4.89. The Kier molecular flexibility index (Phi) is 63.3. The van der Waals surface area contributed by atoms with Crippen molar-refractivity contribution in [1.29, 1.82) is 0 Å². The molecule has 0 aliphatic rings. The van der Waals surface area contributed by atoms with Crippen LogP contribution in [-0.4, -0.2) is 126 Å². The molecule has 0 radical (unpaired) electrons. The zero-order valence-electron chi connectivity index (χ0n) is 30.2. The molecule has 0 heterocycles. The molecule has 0 amide bonds. The molecule has 0 aromatic carbocycles. The molecule has 0 aliphatic heterocycles. The summed E-state index contributed by atoms with van der Waals surface area (Å²) in [6, 6.07) is 0. The summed E-state index contributed by atoms with van der Waals surface area (Å²) in [5.41, 5.74) is 0. The van der Waals surface area contributed by atoms with Crippen LogP contribution in [0.25, 0.3) is 0 Å². The van der Waals surface area contributed by atoms with Gasteiger partial charge in [-0.3, -0.25) is 0 Å². The summed E-state index contributed by atoms with van der Waals surface area (Å²) in [5, 5.41) is 0. The van der Waals surface area contributed by atoms with Gasteiger partial charge in [0.2, 0.25) is 0 Å². The molecule has 9 nitrogen and oxygen atoms in total. The SMILES string of the molecule is CCCCCCCCC(CCCCCC)COCC(CCCCCC)CCCCCCCC.O=P([O-])([O-])[O-].O=P([O-])([O-])[O-].[Ca+2].[Ca+2].[Ca+2]. The van der Waals surface area contributed by atoms with E-state index in [1.165, 1.54) is 154 Å². The van der Waals surface area contributed by atoms with E-state index < -0.39 is 15.6 Å². The van der Waals surface area contributed by atoms with E-state index in [0.717, 1.165) is 25.0 Å². The molecule has 46 heavy (non-hydrogen) atoms. The molecule has 0 aromatic heterocycles. The fourth-order valence-electron chi connectivity index (χ4n) is 5.17. The van der Waals surface area contributed by atoms with Crippen LogP contribution in [-0.2, 0) is 13.9 Å². The second-order valence-electron chi connectivity index (χ2n) is 12.0. The van der Waals surface area contributed by atoms with Crippen LogP contribution in [0.5, 0.6) is 0 Å². The fourth-order valence-corrected chi connectivity index (χ4v) is 5.17. The van der Waals surface area contributed by atoms with Crippen molar-refractivity contribution in [2.24, 2.45) is 11.8 Å². The van der Waals surface area contributed by atoms with Gasteiger partial charge in [0.05, 0.1) is 0 Å². The molecule has 0 spiro atoms. The molecule has 0 N–H and O–H groups in total. The van der Waals surface area contributed by atoms with Gasteiger partial charge in [-0.25, -0.2) is 0 Å². The van der Waals surface area contributed by atoms with Crippen LogP contribution < -0.4 is 29.4 Å². The van der Waals surface area contributed by atoms with Crippen molar-refractivity contribution in [2.75, 3.05) is 13.2 Å². The van der Waals surface area contributed by atoms with Gasteiger partial charge in [0.25, 0.3) is 0 Å². The monoisotopic (exact) mass is 776 g/mol. The number of phosphoric acid groups is 2. The molecule has 14 heteroatoms. The van der Waals surface area contributed by atoms with Gasteiger partial charge in [0.1, 0.15) is 0 Å². The zero-order valence-corrected chi connectivity index (χ0v) is 38.6. The average Bonchev–Trinajstić information content (AvgIpc) is 2.90. The minimum atomic E-state index is -5.39. The van der Waals surface area contributed by atoms with E-state index in [9.17, 15) is 0 Å². The van der Waals surface area contributed by atoms with E-state index in [2.05, 4.69) is 27.7 Å². The number of ether oxygens (including phenoxy) is 1. The molecule has 0 aromatic rings. The maximum atomic E-state index is 8.55. The summed E-state index contributed by atoms with van der Waals surface area (Å²) in [5.74, 6) is 1.62. The number of hydrogen-bond donors (Lipinski definition) is 0. The molecule has 0 saturated heterocycles. The Morgan fingerprint density at radius 1 is 0.391 bits per heavy atom. The van der Waals surface area contributed by atoms with Crippen LogP contribution >= 0.6 is 15.6 Å². The third-order valence-corrected chi connectivity index (χ3v) is 7.57. The summed E-state index contributed by atoms with van der Waals surface area (Å²) in [6.45, 7) is 11.3. The normalized spacial score (nSPS) is 12.2. The van der Waals surface area contributed by atoms with Crippen LogP contribution in [0.2, 0.25) is 0 Å². The predicted molar refractivity (Wildman–Crippen MR) is 184 cm³/mol. The van der Waals surface area contributed by atoms with Gasteiger partial charge < -0.3 is 43.2 Å². The Morgan fingerprint density at radius 3 is 0.783 bits per heavy atom. The maximum Gasteiger partial charge on any atom is 2.00 e. The van der Waals surface area contributed by atoms with Gasteiger partial charge >= 0.3 is 113 Å². The quantitative estimate of drug-likeness (QED) is 0.0607. The second-order valence-corrected chi connectivity index (χ2v) is 13.8. The summed E-state index contributed by atoms with van der Waals surface area (Å²) >= 11 is 0. The van der Waals surface area contributed by atoms with Crippen molar-refractivity contribution in [3.05, 3.63) is 0 Å². The van der Waals surface area contributed by atoms with Crippen LogP contribution in [0, 0.1) is 11.8 Å². The first-order valence-corrected chi connectivity index (χ1v) is 20.2. The first-order valence-electron chi connectivity index (χ1n) is 17.3. The number of unbranched alkanes of at least 4 members (excludes halogenated alkanes) is 16. The largest absolute Gasteiger partial charge is 2.00 e. The Bertz CT molecular complexity index is 573. The zero-order chi connectivity index (χ0) is 33.2. The topological polar surface area (TPSA) is 182 Å². The van der Waals surface area contributed by atoms with Crippen LogP contribution in [0.15, 0.2) is 0 Å². The Labute approximate surface area is 373 Å². The van der Waals surface area contributed by atoms with Gasteiger partial charge in [-0.2, -0.15) is 15.6 Å². The van der Waals surface area contributed by atoms with E-state index in [0.29, 0.717) is 0 Å². The molecule has 0 aliphatic carbocycles. The molecule has 0 fully saturated rings. The summed E-state index contributed by atoms with van der Waals surface area (Å²) < 4.78 is 23.6. The molecule has 0 rings (SSSR count). The standard InChI is InChI=1S/C32H66O.3Ca.2H3O4P/c1-5-9-13-17-19-23-27-31(25-21-15-11-7-3)29-33-30-32(26-22-16-12-8-4)28-24-20-18-14-10-6-2;;;;2*1-5(2,3)4/h31-32H,5-30H2,1-4H3;;;;2*(H3,1,2,3,4)/q;3*+2;;/p-6. The molecule has 0 bridgehead atoms. The third-order valence-electron chi connectivity index (χ3n) is 7.57. The van der Waals surface area contributed by atoms with E-state index in [4.69, 9.17) is 43.2 Å². The summed E-state index contributed by atoms with van der Waals surface area (Å²) in [6.07, 6.45) is 33.8. The first-order chi connectivity index (χ1) is 20.3. The van der Waals surface area contributed by atoms with Gasteiger partial charge in [0.15, 0.2) is 0 Å². The molecule has 0 saturated carbocycles. The molecule has 2 atom stereocenters. The van der Waals surface area contributed by atoms with E-state index in [-0.39, 0.29) is 113 Å². The van der Waals surface area contributed by atoms with Crippen molar-refractivity contribution in [3.63, 3.8) is 0 Å². The van der Waals surface area contributed by atoms with Crippen LogP contribution in [0.3, 0.4) is 0 Å². The third kappa shape index (κ3) is 73.4. The van der Waals surface area contributed by atoms with Gasteiger partial charge in [-0.05, 0) is 37.5 Å². The summed E-state index contributed by atoms with van der Waals surface area (Å²) in [7, 11) is -10.8. The first kappa shape index (κ1) is 62.0. The fraction of sp³-hybridized carbons (Fsp3) is 1.00. The van der Waals surface area contributed by atoms with Gasteiger partial charge in [0, 0.05) is 13.2 Å². The van der Waals surface area contributed by atoms with Gasteiger partial charge in [-0.1, -0.05) is 156 Å². The van der Waals surface area contributed by atoms with Crippen molar-refractivity contribution >= 4 is 129 Å². The van der Waals surface area contributed by atoms with Crippen LogP contribution in [0.1, 0.15) is 182 Å².